The van der Waals surface area contributed by atoms with E-state index in [1.54, 1.807) is 19.1 Å². The van der Waals surface area contributed by atoms with Gasteiger partial charge < -0.3 is 19.5 Å². The molecule has 0 radical (unpaired) electrons. The van der Waals surface area contributed by atoms with Crippen molar-refractivity contribution in [2.45, 2.75) is 63.0 Å². The van der Waals surface area contributed by atoms with Gasteiger partial charge in [0.1, 0.15) is 11.4 Å². The van der Waals surface area contributed by atoms with Crippen LogP contribution in [0.5, 0.6) is 5.75 Å². The molecule has 0 bridgehead atoms. The number of hydrogen-bond donors (Lipinski definition) is 1. The predicted octanol–water partition coefficient (Wildman–Crippen LogP) is 3.67. The van der Waals surface area contributed by atoms with Gasteiger partial charge in [-0.05, 0) is 64.2 Å². The van der Waals surface area contributed by atoms with Crippen LogP contribution in [0, 0.1) is 0 Å². The van der Waals surface area contributed by atoms with Crippen LogP contribution in [0.2, 0.25) is 0 Å². The monoisotopic (exact) mass is 361 g/mol. The quantitative estimate of drug-likeness (QED) is 0.866. The Morgan fingerprint density at radius 3 is 2.19 bits per heavy atom. The van der Waals surface area contributed by atoms with E-state index in [1.807, 2.05) is 39.0 Å². The van der Waals surface area contributed by atoms with Crippen LogP contribution in [-0.2, 0) is 20.5 Å². The first-order valence-electron chi connectivity index (χ1n) is 8.95. The molecule has 0 atom stereocenters. The average Bonchev–Trinajstić information content (AvgIpc) is 3.45. The Balaban J connectivity index is 1.97. The van der Waals surface area contributed by atoms with Crippen LogP contribution in [0.25, 0.3) is 0 Å². The van der Waals surface area contributed by atoms with E-state index in [0.717, 1.165) is 24.0 Å². The Bertz CT molecular complexity index is 741. The van der Waals surface area contributed by atoms with Gasteiger partial charge in [-0.3, -0.25) is 4.79 Å². The highest BCUT2D eigenvalue weighted by Gasteiger charge is 2.55. The van der Waals surface area contributed by atoms with Gasteiger partial charge in [0.25, 0.3) is 0 Å². The summed E-state index contributed by atoms with van der Waals surface area (Å²) in [6, 6.07) is 5.55. The minimum atomic E-state index is -0.793. The molecule has 1 aromatic carbocycles. The highest BCUT2D eigenvalue weighted by Crippen LogP contribution is 2.56. The maximum Gasteiger partial charge on any atom is 0.410 e. The second-order valence-electron chi connectivity index (χ2n) is 8.37. The molecule has 142 valence electrons. The molecule has 1 amide bonds. The van der Waals surface area contributed by atoms with Crippen molar-refractivity contribution in [2.24, 2.45) is 0 Å². The predicted molar refractivity (Wildman–Crippen MR) is 96.5 cm³/mol. The number of nitrogens with zero attached hydrogens (tertiary/aromatic N) is 1. The second-order valence-corrected chi connectivity index (χ2v) is 8.37. The van der Waals surface area contributed by atoms with Crippen molar-refractivity contribution in [3.63, 3.8) is 0 Å². The van der Waals surface area contributed by atoms with Crippen LogP contribution < -0.4 is 4.74 Å². The van der Waals surface area contributed by atoms with E-state index in [4.69, 9.17) is 9.47 Å². The average molecular weight is 361 g/mol. The molecular formula is C20H27NO5. The molecule has 0 unspecified atom stereocenters. The van der Waals surface area contributed by atoms with Gasteiger partial charge in [0.15, 0.2) is 0 Å². The number of carboxylic acids is 1. The molecule has 1 N–H and O–H groups in total. The van der Waals surface area contributed by atoms with Crippen LogP contribution in [0.3, 0.4) is 0 Å². The number of carboxylic acid groups (broad SMARTS) is 1. The minimum Gasteiger partial charge on any atom is -0.496 e. The maximum atomic E-state index is 12.6. The first kappa shape index (κ1) is 18.5. The van der Waals surface area contributed by atoms with Crippen molar-refractivity contribution in [1.82, 2.24) is 4.90 Å². The van der Waals surface area contributed by atoms with Crippen molar-refractivity contribution < 1.29 is 24.2 Å². The fraction of sp³-hybridized carbons (Fsp3) is 0.600. The summed E-state index contributed by atoms with van der Waals surface area (Å²) in [5.74, 6) is -0.123. The summed E-state index contributed by atoms with van der Waals surface area (Å²) in [4.78, 5) is 25.9. The van der Waals surface area contributed by atoms with Crippen LogP contribution in [-0.4, -0.2) is 41.8 Å². The zero-order valence-corrected chi connectivity index (χ0v) is 16.1. The Hall–Kier alpha value is -2.24. The fourth-order valence-corrected chi connectivity index (χ4v) is 3.53. The number of amides is 1. The third kappa shape index (κ3) is 3.02. The lowest BCUT2D eigenvalue weighted by Gasteiger charge is -2.32. The summed E-state index contributed by atoms with van der Waals surface area (Å²) in [7, 11) is 3.32. The number of ether oxygens (including phenoxy) is 2. The third-order valence-electron chi connectivity index (χ3n) is 5.45. The Labute approximate surface area is 154 Å². The molecule has 0 aromatic heterocycles. The molecule has 0 spiro atoms. The van der Waals surface area contributed by atoms with Gasteiger partial charge in [0.2, 0.25) is 0 Å². The number of benzene rings is 1. The van der Waals surface area contributed by atoms with Crippen molar-refractivity contribution in [3.8, 4) is 5.75 Å². The topological polar surface area (TPSA) is 76.1 Å². The summed E-state index contributed by atoms with van der Waals surface area (Å²) >= 11 is 0. The number of hydrogen-bond acceptors (Lipinski definition) is 4. The van der Waals surface area contributed by atoms with Gasteiger partial charge in [-0.2, -0.15) is 0 Å². The molecule has 6 heteroatoms. The number of carbonyl (C=O) groups excluding carboxylic acids is 1. The molecule has 2 fully saturated rings. The summed E-state index contributed by atoms with van der Waals surface area (Å²) in [6.07, 6.45) is 2.49. The number of aliphatic carboxylic acids is 1. The molecule has 2 aliphatic carbocycles. The molecule has 0 heterocycles. The van der Waals surface area contributed by atoms with Crippen LogP contribution in [0.4, 0.5) is 4.79 Å². The first-order valence-corrected chi connectivity index (χ1v) is 8.95. The highest BCUT2D eigenvalue weighted by atomic mass is 16.6. The highest BCUT2D eigenvalue weighted by molar-refractivity contribution is 5.85. The Morgan fingerprint density at radius 1 is 1.15 bits per heavy atom. The second kappa shape index (κ2) is 5.89. The number of rotatable bonds is 5. The lowest BCUT2D eigenvalue weighted by atomic mass is 9.91. The van der Waals surface area contributed by atoms with Crippen LogP contribution in [0.15, 0.2) is 18.2 Å². The normalized spacial score (nSPS) is 19.4. The Morgan fingerprint density at radius 2 is 1.77 bits per heavy atom. The summed E-state index contributed by atoms with van der Waals surface area (Å²) in [5, 5.41) is 9.60. The van der Waals surface area contributed by atoms with E-state index in [2.05, 4.69) is 0 Å². The smallest absolute Gasteiger partial charge is 0.410 e. The third-order valence-corrected chi connectivity index (χ3v) is 5.45. The summed E-state index contributed by atoms with van der Waals surface area (Å²) in [6.45, 7) is 5.51. The molecular weight excluding hydrogens is 334 g/mol. The zero-order chi connectivity index (χ0) is 19.3. The van der Waals surface area contributed by atoms with Gasteiger partial charge in [0, 0.05) is 12.6 Å². The fourth-order valence-electron chi connectivity index (χ4n) is 3.53. The van der Waals surface area contributed by atoms with Gasteiger partial charge in [-0.1, -0.05) is 6.07 Å². The minimum absolute atomic E-state index is 0.387. The van der Waals surface area contributed by atoms with Gasteiger partial charge in [0.05, 0.1) is 18.1 Å². The van der Waals surface area contributed by atoms with Crippen molar-refractivity contribution in [3.05, 3.63) is 29.3 Å². The van der Waals surface area contributed by atoms with Gasteiger partial charge in [-0.15, -0.1) is 0 Å². The SMILES string of the molecule is COc1ccc(C2(C(=O)O)CC2)cc1C1(N(C)C(=O)OC(C)(C)C)CC1. The van der Waals surface area contributed by atoms with Crippen LogP contribution in [0.1, 0.15) is 57.6 Å². The van der Waals surface area contributed by atoms with E-state index in [-0.39, 0.29) is 6.09 Å². The van der Waals surface area contributed by atoms with E-state index in [1.165, 1.54) is 0 Å². The summed E-state index contributed by atoms with van der Waals surface area (Å²) < 4.78 is 11.0. The van der Waals surface area contributed by atoms with Crippen molar-refractivity contribution in [1.29, 1.82) is 0 Å². The first-order chi connectivity index (χ1) is 12.1. The van der Waals surface area contributed by atoms with E-state index in [0.29, 0.717) is 18.6 Å². The van der Waals surface area contributed by atoms with Gasteiger partial charge >= 0.3 is 12.1 Å². The molecule has 26 heavy (non-hydrogen) atoms. The van der Waals surface area contributed by atoms with Crippen molar-refractivity contribution >= 4 is 12.1 Å². The van der Waals surface area contributed by atoms with E-state index >= 15 is 0 Å². The molecule has 3 rings (SSSR count). The van der Waals surface area contributed by atoms with Crippen molar-refractivity contribution in [2.75, 3.05) is 14.2 Å². The van der Waals surface area contributed by atoms with E-state index < -0.39 is 22.5 Å². The molecule has 1 aromatic rings. The standard InChI is InChI=1S/C20H27NO5/c1-18(2,3)26-17(24)21(4)20(10-11-20)14-12-13(6-7-15(14)25-5)19(8-9-19)16(22)23/h6-7,12H,8-11H2,1-5H3,(H,22,23). The van der Waals surface area contributed by atoms with Gasteiger partial charge in [-0.25, -0.2) is 4.79 Å². The largest absolute Gasteiger partial charge is 0.496 e. The molecule has 0 saturated heterocycles. The lowest BCUT2D eigenvalue weighted by Crippen LogP contribution is -2.41. The van der Waals surface area contributed by atoms with E-state index in [9.17, 15) is 14.7 Å². The lowest BCUT2D eigenvalue weighted by molar-refractivity contribution is -0.140. The molecule has 2 saturated carbocycles. The maximum absolute atomic E-state index is 12.6. The molecule has 0 aliphatic heterocycles. The number of carbonyl (C=O) groups is 2. The Kier molecular flexibility index (Phi) is 4.20. The van der Waals surface area contributed by atoms with Crippen LogP contribution >= 0.6 is 0 Å². The molecule has 2 aliphatic rings. The zero-order valence-electron chi connectivity index (χ0n) is 16.1. The number of methoxy groups -OCH3 is 1. The molecule has 6 nitrogen and oxygen atoms in total. The summed E-state index contributed by atoms with van der Waals surface area (Å²) in [5.41, 5.74) is -0.225.